The van der Waals surface area contributed by atoms with Crippen molar-refractivity contribution in [3.05, 3.63) is 26.2 Å². The highest BCUT2D eigenvalue weighted by molar-refractivity contribution is 14.1. The highest BCUT2D eigenvalue weighted by Gasteiger charge is 1.98. The molecule has 0 spiro atoms. The van der Waals surface area contributed by atoms with E-state index in [0.717, 1.165) is 4.47 Å². The van der Waals surface area contributed by atoms with Crippen molar-refractivity contribution in [3.63, 3.8) is 0 Å². The molecule has 0 aliphatic heterocycles. The number of hydrogen-bond donors (Lipinski definition) is 1. The maximum absolute atomic E-state index is 10.4. The number of phenolic OH excluding ortho intramolecular Hbond substituents is 1. The molecule has 4 heteroatoms. The third kappa shape index (κ3) is 1.76. The summed E-state index contributed by atoms with van der Waals surface area (Å²) in [5.74, 6) is 0.108. The van der Waals surface area contributed by atoms with Crippen LogP contribution in [0, 0.1) is 3.57 Å². The summed E-state index contributed by atoms with van der Waals surface area (Å²) < 4.78 is 11.7. The Bertz CT molecular complexity index is 262. The zero-order valence-electron chi connectivity index (χ0n) is 4.84. The standard InChI is InChI=1S/C6H4BrIO2/c7-4-1-2-5(8-10)6(9)3-4/h1-3,9H. The highest BCUT2D eigenvalue weighted by atomic mass is 127. The van der Waals surface area contributed by atoms with Gasteiger partial charge in [-0.3, -0.25) is 3.07 Å². The molecular weight excluding hydrogens is 311 g/mol. The quantitative estimate of drug-likeness (QED) is 0.809. The number of phenols is 1. The molecule has 0 bridgehead atoms. The van der Waals surface area contributed by atoms with Gasteiger partial charge in [0, 0.05) is 4.47 Å². The van der Waals surface area contributed by atoms with Gasteiger partial charge in [-0.25, -0.2) is 0 Å². The van der Waals surface area contributed by atoms with Crippen molar-refractivity contribution in [2.45, 2.75) is 0 Å². The van der Waals surface area contributed by atoms with Crippen LogP contribution in [0.15, 0.2) is 22.7 Å². The number of rotatable bonds is 1. The first-order valence-electron chi connectivity index (χ1n) is 2.49. The molecule has 0 aromatic heterocycles. The van der Waals surface area contributed by atoms with E-state index < -0.39 is 21.2 Å². The topological polar surface area (TPSA) is 37.3 Å². The summed E-state index contributed by atoms with van der Waals surface area (Å²) >= 11 is 1.93. The highest BCUT2D eigenvalue weighted by Crippen LogP contribution is 2.25. The molecule has 0 saturated heterocycles. The van der Waals surface area contributed by atoms with E-state index in [4.69, 9.17) is 5.11 Å². The lowest BCUT2D eigenvalue weighted by Crippen LogP contribution is -1.72. The van der Waals surface area contributed by atoms with E-state index in [1.54, 1.807) is 12.1 Å². The van der Waals surface area contributed by atoms with Gasteiger partial charge in [0.2, 0.25) is 0 Å². The summed E-state index contributed by atoms with van der Waals surface area (Å²) in [6.07, 6.45) is 0. The predicted molar refractivity (Wildman–Crippen MR) is 49.2 cm³/mol. The fourth-order valence-electron chi connectivity index (χ4n) is 0.551. The molecule has 0 fully saturated rings. The van der Waals surface area contributed by atoms with Crippen LogP contribution in [-0.4, -0.2) is 5.11 Å². The monoisotopic (exact) mass is 314 g/mol. The smallest absolute Gasteiger partial charge is 0.185 e. The third-order valence-electron chi connectivity index (χ3n) is 0.991. The van der Waals surface area contributed by atoms with E-state index in [9.17, 15) is 3.07 Å². The van der Waals surface area contributed by atoms with E-state index in [2.05, 4.69) is 15.9 Å². The van der Waals surface area contributed by atoms with Gasteiger partial charge in [0.05, 0.1) is 3.57 Å². The molecule has 1 aromatic carbocycles. The Morgan fingerprint density at radius 3 is 2.70 bits per heavy atom. The summed E-state index contributed by atoms with van der Waals surface area (Å²) in [6.45, 7) is 0. The van der Waals surface area contributed by atoms with Crippen LogP contribution < -0.4 is 0 Å². The van der Waals surface area contributed by atoms with E-state index in [-0.39, 0.29) is 5.75 Å². The molecule has 0 atom stereocenters. The lowest BCUT2D eigenvalue weighted by molar-refractivity contribution is 0.471. The van der Waals surface area contributed by atoms with Crippen molar-refractivity contribution in [2.24, 2.45) is 0 Å². The zero-order valence-corrected chi connectivity index (χ0v) is 8.59. The fraction of sp³-hybridized carbons (Fsp3) is 0. The normalized spacial score (nSPS) is 9.70. The van der Waals surface area contributed by atoms with Gasteiger partial charge < -0.3 is 5.11 Å². The average Bonchev–Trinajstić information content (AvgIpc) is 1.88. The van der Waals surface area contributed by atoms with Crippen molar-refractivity contribution in [2.75, 3.05) is 0 Å². The van der Waals surface area contributed by atoms with Crippen LogP contribution in [0.3, 0.4) is 0 Å². The summed E-state index contributed by atoms with van der Waals surface area (Å²) in [7, 11) is 0. The largest absolute Gasteiger partial charge is 0.507 e. The molecule has 0 saturated carbocycles. The fourth-order valence-corrected chi connectivity index (χ4v) is 1.61. The van der Waals surface area contributed by atoms with Gasteiger partial charge in [-0.15, -0.1) is 0 Å². The average molecular weight is 315 g/mol. The molecule has 10 heavy (non-hydrogen) atoms. The molecule has 0 heterocycles. The Hall–Kier alpha value is 0.0300. The second-order valence-corrected chi connectivity index (χ2v) is 4.19. The molecule has 54 valence electrons. The second kappa shape index (κ2) is 3.43. The number of halogens is 2. The Balaban J connectivity index is 3.19. The molecule has 1 aromatic rings. The summed E-state index contributed by atoms with van der Waals surface area (Å²) in [4.78, 5) is 0. The second-order valence-electron chi connectivity index (χ2n) is 1.67. The van der Waals surface area contributed by atoms with Crippen molar-refractivity contribution in [1.29, 1.82) is 0 Å². The predicted octanol–water partition coefficient (Wildman–Crippen LogP) is 2.64. The lowest BCUT2D eigenvalue weighted by atomic mass is 10.3. The molecule has 0 radical (unpaired) electrons. The van der Waals surface area contributed by atoms with Gasteiger partial charge in [0.25, 0.3) is 0 Å². The molecule has 0 aliphatic rings. The molecule has 1 rings (SSSR count). The van der Waals surface area contributed by atoms with Crippen molar-refractivity contribution < 1.29 is 8.18 Å². The molecule has 2 nitrogen and oxygen atoms in total. The minimum atomic E-state index is -1.25. The minimum Gasteiger partial charge on any atom is -0.507 e. The molecule has 0 unspecified atom stereocenters. The summed E-state index contributed by atoms with van der Waals surface area (Å²) in [5, 5.41) is 9.09. The Labute approximate surface area is 77.0 Å². The molecule has 0 aliphatic carbocycles. The first kappa shape index (κ1) is 8.13. The van der Waals surface area contributed by atoms with Crippen LogP contribution in [0.25, 0.3) is 0 Å². The van der Waals surface area contributed by atoms with Gasteiger partial charge in [0.15, 0.2) is 21.2 Å². The van der Waals surface area contributed by atoms with Crippen molar-refractivity contribution >= 4 is 37.1 Å². The Kier molecular flexibility index (Phi) is 2.79. The molecule has 1 N–H and O–H groups in total. The van der Waals surface area contributed by atoms with Crippen LogP contribution in [0.2, 0.25) is 0 Å². The van der Waals surface area contributed by atoms with Crippen LogP contribution in [-0.2, 0) is 3.07 Å². The van der Waals surface area contributed by atoms with Crippen molar-refractivity contribution in [3.8, 4) is 5.75 Å². The first-order chi connectivity index (χ1) is 4.74. The maximum Gasteiger partial charge on any atom is 0.185 e. The van der Waals surface area contributed by atoms with Gasteiger partial charge >= 0.3 is 0 Å². The Morgan fingerprint density at radius 1 is 1.50 bits per heavy atom. The number of aromatic hydroxyl groups is 1. The lowest BCUT2D eigenvalue weighted by Gasteiger charge is -1.94. The van der Waals surface area contributed by atoms with E-state index in [1.807, 2.05) is 0 Å². The van der Waals surface area contributed by atoms with Gasteiger partial charge in [-0.2, -0.15) is 0 Å². The van der Waals surface area contributed by atoms with E-state index >= 15 is 0 Å². The van der Waals surface area contributed by atoms with Crippen LogP contribution in [0.1, 0.15) is 0 Å². The van der Waals surface area contributed by atoms with Gasteiger partial charge in [-0.05, 0) is 18.2 Å². The SMILES string of the molecule is O=Ic1ccc(Br)cc1O. The van der Waals surface area contributed by atoms with E-state index in [0.29, 0.717) is 3.57 Å². The Morgan fingerprint density at radius 2 is 2.20 bits per heavy atom. The zero-order chi connectivity index (χ0) is 7.56. The van der Waals surface area contributed by atoms with Crippen LogP contribution >= 0.6 is 37.1 Å². The molecular formula is C6H4BrIO2. The maximum atomic E-state index is 10.4. The number of benzene rings is 1. The van der Waals surface area contributed by atoms with Crippen LogP contribution in [0.4, 0.5) is 0 Å². The van der Waals surface area contributed by atoms with Gasteiger partial charge in [-0.1, -0.05) is 15.9 Å². The van der Waals surface area contributed by atoms with Gasteiger partial charge in [0.1, 0.15) is 5.75 Å². The minimum absolute atomic E-state index is 0.108. The first-order valence-corrected chi connectivity index (χ1v) is 5.25. The van der Waals surface area contributed by atoms with Crippen molar-refractivity contribution in [1.82, 2.24) is 0 Å². The summed E-state index contributed by atoms with van der Waals surface area (Å²) in [5.41, 5.74) is 0. The summed E-state index contributed by atoms with van der Waals surface area (Å²) in [6, 6.07) is 4.94. The number of hydrogen-bond acceptors (Lipinski definition) is 2. The van der Waals surface area contributed by atoms with Crippen LogP contribution in [0.5, 0.6) is 5.75 Å². The van der Waals surface area contributed by atoms with E-state index in [1.165, 1.54) is 6.07 Å². The third-order valence-corrected chi connectivity index (χ3v) is 2.87. The molecule has 0 amide bonds.